The average molecular weight is 264 g/mol. The van der Waals surface area contributed by atoms with Crippen LogP contribution < -0.4 is 0 Å². The van der Waals surface area contributed by atoms with Crippen molar-refractivity contribution in [3.8, 4) is 0 Å². The zero-order valence-corrected chi connectivity index (χ0v) is 11.3. The Morgan fingerprint density at radius 1 is 1.33 bits per heavy atom. The Labute approximate surface area is 110 Å². The number of aryl methyl sites for hydroxylation is 1. The number of benzene rings is 1. The Hall–Kier alpha value is -1.33. The first-order valence-electron chi connectivity index (χ1n) is 5.82. The van der Waals surface area contributed by atoms with Gasteiger partial charge >= 0.3 is 0 Å². The van der Waals surface area contributed by atoms with Crippen LogP contribution in [0.25, 0.3) is 0 Å². The van der Waals surface area contributed by atoms with Crippen molar-refractivity contribution in [1.82, 2.24) is 10.1 Å². The van der Waals surface area contributed by atoms with E-state index < -0.39 is 6.10 Å². The van der Waals surface area contributed by atoms with E-state index in [1.807, 2.05) is 0 Å². The van der Waals surface area contributed by atoms with Gasteiger partial charge in [-0.15, -0.1) is 11.8 Å². The monoisotopic (exact) mass is 264 g/mol. The molecule has 4 nitrogen and oxygen atoms in total. The molecular formula is C13H16N2O2S. The number of aromatic nitrogens is 2. The number of aliphatic hydroxyl groups excluding tert-OH is 1. The van der Waals surface area contributed by atoms with Crippen LogP contribution in [0.1, 0.15) is 24.2 Å². The Kier molecular flexibility index (Phi) is 4.38. The first kappa shape index (κ1) is 13.1. The first-order chi connectivity index (χ1) is 8.63. The molecule has 0 bridgehead atoms. The number of hydrogen-bond acceptors (Lipinski definition) is 5. The van der Waals surface area contributed by atoms with Crippen LogP contribution in [0.5, 0.6) is 0 Å². The van der Waals surface area contributed by atoms with Crippen molar-refractivity contribution in [1.29, 1.82) is 0 Å². The van der Waals surface area contributed by atoms with E-state index in [-0.39, 0.29) is 0 Å². The maximum absolute atomic E-state index is 9.22. The van der Waals surface area contributed by atoms with Crippen LogP contribution in [0.15, 0.2) is 33.7 Å². The van der Waals surface area contributed by atoms with Gasteiger partial charge in [-0.3, -0.25) is 0 Å². The molecule has 1 N–H and O–H groups in total. The number of rotatable bonds is 5. The SMILES string of the molecule is Cc1ccc(SCc2noc(CC(C)O)n2)cc1. The second kappa shape index (κ2) is 6.02. The molecule has 1 unspecified atom stereocenters. The third kappa shape index (κ3) is 3.85. The fraction of sp³-hybridized carbons (Fsp3) is 0.385. The standard InChI is InChI=1S/C13H16N2O2S/c1-9-3-5-11(6-4-9)18-8-12-14-13(17-15-12)7-10(2)16/h3-6,10,16H,7-8H2,1-2H3. The highest BCUT2D eigenvalue weighted by Gasteiger charge is 2.09. The molecule has 2 rings (SSSR count). The molecule has 5 heteroatoms. The molecule has 0 aliphatic rings. The first-order valence-corrected chi connectivity index (χ1v) is 6.81. The molecule has 1 aromatic carbocycles. The summed E-state index contributed by atoms with van der Waals surface area (Å²) < 4.78 is 5.05. The topological polar surface area (TPSA) is 59.2 Å². The van der Waals surface area contributed by atoms with Crippen LogP contribution in [0.4, 0.5) is 0 Å². The number of aliphatic hydroxyl groups is 1. The van der Waals surface area contributed by atoms with Crippen molar-refractivity contribution in [3.05, 3.63) is 41.5 Å². The molecule has 0 fully saturated rings. The van der Waals surface area contributed by atoms with Gasteiger partial charge in [0.2, 0.25) is 5.89 Å². The van der Waals surface area contributed by atoms with Crippen molar-refractivity contribution < 1.29 is 9.63 Å². The van der Waals surface area contributed by atoms with Crippen LogP contribution in [0, 0.1) is 6.92 Å². The number of thioether (sulfide) groups is 1. The van der Waals surface area contributed by atoms with Gasteiger partial charge in [0.25, 0.3) is 0 Å². The molecule has 1 atom stereocenters. The second-order valence-electron chi connectivity index (χ2n) is 4.26. The van der Waals surface area contributed by atoms with Crippen molar-refractivity contribution in [2.24, 2.45) is 0 Å². The summed E-state index contributed by atoms with van der Waals surface area (Å²) in [5.41, 5.74) is 1.25. The Morgan fingerprint density at radius 2 is 2.06 bits per heavy atom. The minimum absolute atomic E-state index is 0.405. The van der Waals surface area contributed by atoms with Crippen molar-refractivity contribution in [3.63, 3.8) is 0 Å². The largest absolute Gasteiger partial charge is 0.393 e. The molecule has 96 valence electrons. The predicted octanol–water partition coefficient (Wildman–Crippen LogP) is 2.59. The number of hydrogen-bond donors (Lipinski definition) is 1. The minimum atomic E-state index is -0.456. The smallest absolute Gasteiger partial charge is 0.229 e. The average Bonchev–Trinajstić information content (AvgIpc) is 2.75. The summed E-state index contributed by atoms with van der Waals surface area (Å²) in [7, 11) is 0. The lowest BCUT2D eigenvalue weighted by molar-refractivity contribution is 0.181. The van der Waals surface area contributed by atoms with Gasteiger partial charge in [-0.1, -0.05) is 22.9 Å². The fourth-order valence-corrected chi connectivity index (χ4v) is 2.21. The van der Waals surface area contributed by atoms with E-state index in [1.54, 1.807) is 18.7 Å². The van der Waals surface area contributed by atoms with Gasteiger partial charge in [0.1, 0.15) is 0 Å². The maximum atomic E-state index is 9.22. The van der Waals surface area contributed by atoms with Gasteiger partial charge in [0, 0.05) is 4.90 Å². The summed E-state index contributed by atoms with van der Waals surface area (Å²) >= 11 is 1.67. The summed E-state index contributed by atoms with van der Waals surface area (Å²) in [6.45, 7) is 3.76. The molecule has 2 aromatic rings. The quantitative estimate of drug-likeness (QED) is 0.841. The lowest BCUT2D eigenvalue weighted by atomic mass is 10.2. The van der Waals surface area contributed by atoms with Crippen LogP contribution >= 0.6 is 11.8 Å². The maximum Gasteiger partial charge on any atom is 0.229 e. The van der Waals surface area contributed by atoms with Crippen molar-refractivity contribution in [2.75, 3.05) is 0 Å². The predicted molar refractivity (Wildman–Crippen MR) is 70.4 cm³/mol. The zero-order valence-electron chi connectivity index (χ0n) is 10.5. The van der Waals surface area contributed by atoms with E-state index in [2.05, 4.69) is 41.3 Å². The highest BCUT2D eigenvalue weighted by molar-refractivity contribution is 7.98. The van der Waals surface area contributed by atoms with Crippen molar-refractivity contribution in [2.45, 2.75) is 37.0 Å². The molecule has 0 radical (unpaired) electrons. The lowest BCUT2D eigenvalue weighted by Gasteiger charge is -1.98. The van der Waals surface area contributed by atoms with Crippen LogP contribution in [0.3, 0.4) is 0 Å². The van der Waals surface area contributed by atoms with Gasteiger partial charge in [0.15, 0.2) is 5.82 Å². The molecule has 0 aliphatic heterocycles. The molecule has 18 heavy (non-hydrogen) atoms. The van der Waals surface area contributed by atoms with E-state index in [1.165, 1.54) is 10.5 Å². The van der Waals surface area contributed by atoms with E-state index in [9.17, 15) is 5.11 Å². The van der Waals surface area contributed by atoms with Crippen LogP contribution in [0.2, 0.25) is 0 Å². The van der Waals surface area contributed by atoms with Gasteiger partial charge in [0.05, 0.1) is 18.3 Å². The molecule has 1 heterocycles. The Balaban J connectivity index is 1.90. The Morgan fingerprint density at radius 3 is 2.72 bits per heavy atom. The normalized spacial score (nSPS) is 12.6. The molecule has 0 saturated carbocycles. The molecular weight excluding hydrogens is 248 g/mol. The highest BCUT2D eigenvalue weighted by atomic mass is 32.2. The molecule has 0 saturated heterocycles. The molecule has 0 amide bonds. The summed E-state index contributed by atoms with van der Waals surface area (Å²) in [5.74, 6) is 1.83. The minimum Gasteiger partial charge on any atom is -0.393 e. The molecule has 1 aromatic heterocycles. The summed E-state index contributed by atoms with van der Waals surface area (Å²) in [6.07, 6.45) is -0.0505. The van der Waals surface area contributed by atoms with Crippen molar-refractivity contribution >= 4 is 11.8 Å². The third-order valence-corrected chi connectivity index (χ3v) is 3.38. The van der Waals surface area contributed by atoms with Gasteiger partial charge < -0.3 is 9.63 Å². The molecule has 0 aliphatic carbocycles. The summed E-state index contributed by atoms with van der Waals surface area (Å²) in [6, 6.07) is 8.32. The molecule has 0 spiro atoms. The van der Waals surface area contributed by atoms with Gasteiger partial charge in [-0.25, -0.2) is 0 Å². The number of nitrogens with zero attached hydrogens (tertiary/aromatic N) is 2. The lowest BCUT2D eigenvalue weighted by Crippen LogP contribution is -2.04. The third-order valence-electron chi connectivity index (χ3n) is 2.37. The fourth-order valence-electron chi connectivity index (χ4n) is 1.47. The van der Waals surface area contributed by atoms with Crippen LogP contribution in [-0.2, 0) is 12.2 Å². The highest BCUT2D eigenvalue weighted by Crippen LogP contribution is 2.21. The van der Waals surface area contributed by atoms with Gasteiger partial charge in [-0.05, 0) is 26.0 Å². The summed E-state index contributed by atoms with van der Waals surface area (Å²) in [4.78, 5) is 5.41. The van der Waals surface area contributed by atoms with Gasteiger partial charge in [-0.2, -0.15) is 4.98 Å². The summed E-state index contributed by atoms with van der Waals surface area (Å²) in [5, 5.41) is 13.1. The van der Waals surface area contributed by atoms with Crippen LogP contribution in [-0.4, -0.2) is 21.4 Å². The Bertz CT molecular complexity index is 494. The van der Waals surface area contributed by atoms with E-state index >= 15 is 0 Å². The van der Waals surface area contributed by atoms with E-state index in [0.717, 1.165) is 0 Å². The van der Waals surface area contributed by atoms with E-state index in [4.69, 9.17) is 4.52 Å². The zero-order chi connectivity index (χ0) is 13.0. The van der Waals surface area contributed by atoms with E-state index in [0.29, 0.717) is 23.9 Å². The second-order valence-corrected chi connectivity index (χ2v) is 5.31.